The second-order valence-electron chi connectivity index (χ2n) is 4.61. The number of benzene rings is 1. The van der Waals surface area contributed by atoms with Crippen molar-refractivity contribution in [2.45, 2.75) is 19.5 Å². The van der Waals surface area contributed by atoms with E-state index in [4.69, 9.17) is 9.47 Å². The quantitative estimate of drug-likeness (QED) is 0.872. The molecule has 1 aromatic rings. The van der Waals surface area contributed by atoms with Crippen LogP contribution in [0.3, 0.4) is 0 Å². The van der Waals surface area contributed by atoms with Gasteiger partial charge in [0.15, 0.2) is 11.5 Å². The van der Waals surface area contributed by atoms with E-state index in [1.165, 1.54) is 28.6 Å². The van der Waals surface area contributed by atoms with Crippen molar-refractivity contribution in [3.8, 4) is 11.5 Å². The Morgan fingerprint density at radius 3 is 2.65 bits per heavy atom. The highest BCUT2D eigenvalue weighted by Crippen LogP contribution is 2.31. The maximum Gasteiger partial charge on any atom is 0.165 e. The Kier molecular flexibility index (Phi) is 6.90. The Hall–Kier alpha value is -0.520. The van der Waals surface area contributed by atoms with Crippen LogP contribution in [-0.4, -0.2) is 42.8 Å². The van der Waals surface area contributed by atoms with Gasteiger partial charge in [-0.2, -0.15) is 23.5 Å². The largest absolute Gasteiger partial charge is 0.493 e. The third-order valence-electron chi connectivity index (χ3n) is 3.16. The smallest absolute Gasteiger partial charge is 0.165 e. The number of hydrogen-bond acceptors (Lipinski definition) is 5. The molecule has 0 atom stereocenters. The Morgan fingerprint density at radius 2 is 2.00 bits per heavy atom. The number of ether oxygens (including phenoxy) is 2. The lowest BCUT2D eigenvalue weighted by atomic mass is 10.1. The second-order valence-corrected chi connectivity index (χ2v) is 6.91. The Labute approximate surface area is 130 Å². The SMILES string of the molecule is CCOc1c(CNC2CSCCSC2)cccc1OC. The molecule has 2 rings (SSSR count). The second kappa shape index (κ2) is 8.70. The van der Waals surface area contributed by atoms with Crippen LogP contribution in [0.4, 0.5) is 0 Å². The van der Waals surface area contributed by atoms with E-state index in [1.54, 1.807) is 7.11 Å². The number of hydrogen-bond donors (Lipinski definition) is 1. The predicted molar refractivity (Wildman–Crippen MR) is 89.4 cm³/mol. The lowest BCUT2D eigenvalue weighted by Gasteiger charge is -2.18. The molecule has 1 heterocycles. The number of thioether (sulfide) groups is 2. The monoisotopic (exact) mass is 313 g/mol. The van der Waals surface area contributed by atoms with Gasteiger partial charge in [-0.1, -0.05) is 12.1 Å². The van der Waals surface area contributed by atoms with Crippen molar-refractivity contribution in [2.75, 3.05) is 36.7 Å². The van der Waals surface area contributed by atoms with Crippen LogP contribution in [0, 0.1) is 0 Å². The summed E-state index contributed by atoms with van der Waals surface area (Å²) in [6, 6.07) is 6.66. The molecule has 0 bridgehead atoms. The fourth-order valence-electron chi connectivity index (χ4n) is 2.16. The molecule has 0 aliphatic carbocycles. The average molecular weight is 313 g/mol. The van der Waals surface area contributed by atoms with Gasteiger partial charge in [-0.05, 0) is 13.0 Å². The van der Waals surface area contributed by atoms with Gasteiger partial charge in [0.1, 0.15) is 0 Å². The number of nitrogens with one attached hydrogen (secondary N) is 1. The van der Waals surface area contributed by atoms with E-state index in [2.05, 4.69) is 11.4 Å². The Morgan fingerprint density at radius 1 is 1.25 bits per heavy atom. The van der Waals surface area contributed by atoms with Crippen molar-refractivity contribution >= 4 is 23.5 Å². The van der Waals surface area contributed by atoms with Crippen LogP contribution in [0.1, 0.15) is 12.5 Å². The first-order valence-corrected chi connectivity index (χ1v) is 9.33. The van der Waals surface area contributed by atoms with Crippen LogP contribution in [0.5, 0.6) is 11.5 Å². The summed E-state index contributed by atoms with van der Waals surface area (Å²) in [5.41, 5.74) is 1.17. The topological polar surface area (TPSA) is 30.5 Å². The van der Waals surface area contributed by atoms with Crippen molar-refractivity contribution in [1.29, 1.82) is 0 Å². The minimum absolute atomic E-state index is 0.577. The van der Waals surface area contributed by atoms with E-state index in [-0.39, 0.29) is 0 Å². The molecule has 0 unspecified atom stereocenters. The molecule has 1 aliphatic rings. The first kappa shape index (κ1) is 15.9. The van der Waals surface area contributed by atoms with Crippen molar-refractivity contribution in [2.24, 2.45) is 0 Å². The van der Waals surface area contributed by atoms with E-state index in [0.29, 0.717) is 12.6 Å². The van der Waals surface area contributed by atoms with Crippen molar-refractivity contribution in [3.05, 3.63) is 23.8 Å². The molecule has 1 saturated heterocycles. The third kappa shape index (κ3) is 4.50. The molecule has 1 aromatic carbocycles. The molecule has 1 aliphatic heterocycles. The summed E-state index contributed by atoms with van der Waals surface area (Å²) in [4.78, 5) is 0. The van der Waals surface area contributed by atoms with Gasteiger partial charge in [0.05, 0.1) is 13.7 Å². The van der Waals surface area contributed by atoms with E-state index in [0.717, 1.165) is 18.0 Å². The van der Waals surface area contributed by atoms with Gasteiger partial charge in [0, 0.05) is 41.2 Å². The molecule has 0 aromatic heterocycles. The molecule has 0 spiro atoms. The van der Waals surface area contributed by atoms with Gasteiger partial charge in [0.2, 0.25) is 0 Å². The number of rotatable bonds is 6. The van der Waals surface area contributed by atoms with Gasteiger partial charge < -0.3 is 14.8 Å². The summed E-state index contributed by atoms with van der Waals surface area (Å²) in [6.45, 7) is 3.49. The van der Waals surface area contributed by atoms with Gasteiger partial charge in [-0.3, -0.25) is 0 Å². The third-order valence-corrected chi connectivity index (χ3v) is 5.68. The summed E-state index contributed by atoms with van der Waals surface area (Å²) >= 11 is 4.08. The zero-order chi connectivity index (χ0) is 14.2. The highest BCUT2D eigenvalue weighted by molar-refractivity contribution is 8.03. The van der Waals surface area contributed by atoms with E-state index in [9.17, 15) is 0 Å². The normalized spacial score (nSPS) is 16.7. The molecule has 1 fully saturated rings. The average Bonchev–Trinajstić information content (AvgIpc) is 2.75. The molecular weight excluding hydrogens is 290 g/mol. The first-order valence-electron chi connectivity index (χ1n) is 7.02. The van der Waals surface area contributed by atoms with Gasteiger partial charge >= 0.3 is 0 Å². The summed E-state index contributed by atoms with van der Waals surface area (Å²) in [5.74, 6) is 6.62. The van der Waals surface area contributed by atoms with Crippen LogP contribution in [0.15, 0.2) is 18.2 Å². The lowest BCUT2D eigenvalue weighted by Crippen LogP contribution is -2.32. The van der Waals surface area contributed by atoms with Gasteiger partial charge in [-0.25, -0.2) is 0 Å². The molecule has 20 heavy (non-hydrogen) atoms. The Bertz CT molecular complexity index is 407. The molecular formula is C15H23NO2S2. The van der Waals surface area contributed by atoms with Gasteiger partial charge in [0.25, 0.3) is 0 Å². The number of para-hydroxylation sites is 1. The summed E-state index contributed by atoms with van der Waals surface area (Å²) in [7, 11) is 1.69. The molecule has 3 nitrogen and oxygen atoms in total. The molecule has 0 amide bonds. The van der Waals surface area contributed by atoms with Crippen molar-refractivity contribution in [1.82, 2.24) is 5.32 Å². The van der Waals surface area contributed by atoms with Crippen molar-refractivity contribution < 1.29 is 9.47 Å². The van der Waals surface area contributed by atoms with E-state index < -0.39 is 0 Å². The van der Waals surface area contributed by atoms with E-state index in [1.807, 2.05) is 42.6 Å². The van der Waals surface area contributed by atoms with Crippen LogP contribution >= 0.6 is 23.5 Å². The highest BCUT2D eigenvalue weighted by Gasteiger charge is 2.15. The zero-order valence-corrected chi connectivity index (χ0v) is 13.8. The maximum atomic E-state index is 5.75. The van der Waals surface area contributed by atoms with Crippen LogP contribution < -0.4 is 14.8 Å². The predicted octanol–water partition coefficient (Wildman–Crippen LogP) is 3.03. The Balaban J connectivity index is 2.00. The molecule has 0 saturated carbocycles. The summed E-state index contributed by atoms with van der Waals surface area (Å²) in [5, 5.41) is 3.65. The standard InChI is InChI=1S/C15H23NO2S2/c1-3-18-15-12(5-4-6-14(15)17-2)9-16-13-10-19-7-8-20-11-13/h4-6,13,16H,3,7-11H2,1-2H3. The first-order chi connectivity index (χ1) is 9.85. The summed E-state index contributed by atoms with van der Waals surface area (Å²) in [6.07, 6.45) is 0. The molecule has 112 valence electrons. The van der Waals surface area contributed by atoms with Crippen LogP contribution in [0.2, 0.25) is 0 Å². The van der Waals surface area contributed by atoms with E-state index >= 15 is 0 Å². The molecule has 5 heteroatoms. The fraction of sp³-hybridized carbons (Fsp3) is 0.600. The van der Waals surface area contributed by atoms with Crippen LogP contribution in [0.25, 0.3) is 0 Å². The van der Waals surface area contributed by atoms with Gasteiger partial charge in [-0.15, -0.1) is 0 Å². The fourth-order valence-corrected chi connectivity index (χ4v) is 4.62. The zero-order valence-electron chi connectivity index (χ0n) is 12.2. The van der Waals surface area contributed by atoms with Crippen LogP contribution in [-0.2, 0) is 6.54 Å². The number of methoxy groups -OCH3 is 1. The molecule has 1 N–H and O–H groups in total. The lowest BCUT2D eigenvalue weighted by molar-refractivity contribution is 0.306. The molecule has 0 radical (unpaired) electrons. The minimum Gasteiger partial charge on any atom is -0.493 e. The minimum atomic E-state index is 0.577. The summed E-state index contributed by atoms with van der Waals surface area (Å²) < 4.78 is 11.1. The van der Waals surface area contributed by atoms with Crippen molar-refractivity contribution in [3.63, 3.8) is 0 Å². The maximum absolute atomic E-state index is 5.75. The highest BCUT2D eigenvalue weighted by atomic mass is 32.2.